The first-order valence-corrected chi connectivity index (χ1v) is 14.4. The number of amides is 1. The van der Waals surface area contributed by atoms with Gasteiger partial charge in [0, 0.05) is 62.5 Å². The predicted octanol–water partition coefficient (Wildman–Crippen LogP) is 5.40. The van der Waals surface area contributed by atoms with E-state index in [1.807, 2.05) is 0 Å². The van der Waals surface area contributed by atoms with Gasteiger partial charge in [-0.05, 0) is 81.2 Å². The molecule has 1 N–H and O–H groups in total. The number of thioether (sulfide) groups is 1. The average molecular weight is 523 g/mol. The van der Waals surface area contributed by atoms with Gasteiger partial charge in [0.25, 0.3) is 5.91 Å². The molecule has 4 aliphatic rings. The normalized spacial score (nSPS) is 27.0. The van der Waals surface area contributed by atoms with E-state index >= 15 is 0 Å². The van der Waals surface area contributed by atoms with Crippen LogP contribution in [0.3, 0.4) is 0 Å². The van der Waals surface area contributed by atoms with Gasteiger partial charge in [0.1, 0.15) is 10.7 Å². The molecule has 7 nitrogen and oxygen atoms in total. The molecule has 0 spiro atoms. The Hall–Kier alpha value is -2.42. The number of hydrogen-bond acceptors (Lipinski definition) is 7. The van der Waals surface area contributed by atoms with E-state index in [0.29, 0.717) is 24.2 Å². The van der Waals surface area contributed by atoms with Gasteiger partial charge in [0.15, 0.2) is 5.04 Å². The zero-order valence-corrected chi connectivity index (χ0v) is 22.6. The Bertz CT molecular complexity index is 1080. The maximum atomic E-state index is 13.0. The van der Waals surface area contributed by atoms with Crippen LogP contribution < -0.4 is 10.2 Å². The van der Waals surface area contributed by atoms with Crippen LogP contribution in [0.4, 0.5) is 5.69 Å². The molecule has 37 heavy (non-hydrogen) atoms. The Kier molecular flexibility index (Phi) is 8.79. The highest BCUT2D eigenvalue weighted by Crippen LogP contribution is 2.43. The topological polar surface area (TPSA) is 75.5 Å². The molecule has 0 radical (unpaired) electrons. The summed E-state index contributed by atoms with van der Waals surface area (Å²) in [5.41, 5.74) is 4.43. The minimum atomic E-state index is -0.136. The zero-order chi connectivity index (χ0) is 25.6. The molecule has 0 saturated carbocycles. The first-order valence-electron chi connectivity index (χ1n) is 13.6. The number of allylic oxidation sites excluding steroid dienone is 1. The van der Waals surface area contributed by atoms with Crippen molar-refractivity contribution in [2.75, 3.05) is 37.9 Å². The molecule has 2 saturated heterocycles. The predicted molar refractivity (Wildman–Crippen MR) is 151 cm³/mol. The third-order valence-electron chi connectivity index (χ3n) is 7.88. The van der Waals surface area contributed by atoms with Gasteiger partial charge in [-0.2, -0.15) is 0 Å². The lowest BCUT2D eigenvalue weighted by molar-refractivity contribution is -0.115. The minimum Gasteiger partial charge on any atom is -0.381 e. The van der Waals surface area contributed by atoms with E-state index in [1.54, 1.807) is 0 Å². The fourth-order valence-electron chi connectivity index (χ4n) is 5.79. The molecule has 198 valence electrons. The fourth-order valence-corrected chi connectivity index (χ4v) is 6.68. The molecular weight excluding hydrogens is 484 g/mol. The van der Waals surface area contributed by atoms with E-state index in [2.05, 4.69) is 53.0 Å². The van der Waals surface area contributed by atoms with Crippen LogP contribution in [-0.2, 0) is 14.3 Å². The number of rotatable bonds is 7. The van der Waals surface area contributed by atoms with Crippen LogP contribution in [-0.4, -0.2) is 55.0 Å². The highest BCUT2D eigenvalue weighted by molar-refractivity contribution is 8.29. The molecule has 1 aromatic carbocycles. The van der Waals surface area contributed by atoms with Crippen molar-refractivity contribution in [2.45, 2.75) is 63.8 Å². The number of para-hydroxylation sites is 1. The van der Waals surface area contributed by atoms with Crippen molar-refractivity contribution in [1.29, 1.82) is 0 Å². The van der Waals surface area contributed by atoms with E-state index in [9.17, 15) is 4.79 Å². The number of ether oxygens (including phenoxy) is 2. The van der Waals surface area contributed by atoms with Gasteiger partial charge in [-0.15, -0.1) is 0 Å². The van der Waals surface area contributed by atoms with Gasteiger partial charge in [0.2, 0.25) is 0 Å². The molecule has 0 bridgehead atoms. The molecule has 4 aliphatic heterocycles. The molecule has 1 amide bonds. The van der Waals surface area contributed by atoms with E-state index in [1.165, 1.54) is 61.3 Å². The third kappa shape index (κ3) is 6.19. The molecule has 8 heteroatoms. The Morgan fingerprint density at radius 2 is 1.95 bits per heavy atom. The standard InChI is InChI=1S/C29H38N4O3S/c1-3-30-28-26(32-29(37-28)27(34)31-23-13-17-36-18-14-23)20(2)33-19-22(24-8-4-5-9-25(24)33)11-10-21-7-6-15-35-16-12-21/h3-5,8-9,21-23H,1,6-7,10-19H2,2H3,(H,31,34)/b26-20-,30-28+. The summed E-state index contributed by atoms with van der Waals surface area (Å²) in [4.78, 5) is 24.7. The van der Waals surface area contributed by atoms with Gasteiger partial charge in [-0.1, -0.05) is 24.8 Å². The Labute approximate surface area is 224 Å². The molecule has 2 atom stereocenters. The SMILES string of the molecule is C=C/N=C1/SC(C(=O)NC2CCOCC2)=N/C1=C(/C)N1CC(CCC2CCCOCC2)c2ccccc21. The summed E-state index contributed by atoms with van der Waals surface area (Å²) >= 11 is 1.33. The van der Waals surface area contributed by atoms with E-state index in [0.717, 1.165) is 55.0 Å². The van der Waals surface area contributed by atoms with Crippen LogP contribution in [0.15, 0.2) is 58.4 Å². The summed E-state index contributed by atoms with van der Waals surface area (Å²) in [6.07, 6.45) is 9.22. The van der Waals surface area contributed by atoms with E-state index in [4.69, 9.17) is 14.5 Å². The zero-order valence-electron chi connectivity index (χ0n) is 21.8. The lowest BCUT2D eigenvalue weighted by Crippen LogP contribution is -2.41. The van der Waals surface area contributed by atoms with Crippen LogP contribution in [0.25, 0.3) is 0 Å². The maximum absolute atomic E-state index is 13.0. The molecule has 4 heterocycles. The Morgan fingerprint density at radius 1 is 1.16 bits per heavy atom. The summed E-state index contributed by atoms with van der Waals surface area (Å²) in [6, 6.07) is 8.85. The highest BCUT2D eigenvalue weighted by atomic mass is 32.2. The second-order valence-electron chi connectivity index (χ2n) is 10.3. The van der Waals surface area contributed by atoms with Crippen molar-refractivity contribution in [3.8, 4) is 0 Å². The van der Waals surface area contributed by atoms with Crippen LogP contribution in [0.2, 0.25) is 0 Å². The molecule has 0 aromatic heterocycles. The van der Waals surface area contributed by atoms with Crippen molar-refractivity contribution in [1.82, 2.24) is 5.32 Å². The number of carbonyl (C=O) groups is 1. The quantitative estimate of drug-likeness (QED) is 0.519. The lowest BCUT2D eigenvalue weighted by Gasteiger charge is -2.22. The van der Waals surface area contributed by atoms with Gasteiger partial charge in [-0.25, -0.2) is 9.98 Å². The Morgan fingerprint density at radius 3 is 2.78 bits per heavy atom. The molecule has 1 aromatic rings. The molecular formula is C29H38N4O3S. The van der Waals surface area contributed by atoms with Crippen LogP contribution in [0.1, 0.15) is 63.4 Å². The van der Waals surface area contributed by atoms with Crippen molar-refractivity contribution in [2.24, 2.45) is 15.9 Å². The smallest absolute Gasteiger partial charge is 0.277 e. The largest absolute Gasteiger partial charge is 0.381 e. The summed E-state index contributed by atoms with van der Waals surface area (Å²) in [5, 5.41) is 4.30. The number of aliphatic imine (C=N–C) groups is 2. The number of nitrogens with zero attached hydrogens (tertiary/aromatic N) is 3. The summed E-state index contributed by atoms with van der Waals surface area (Å²) in [6.45, 7) is 9.98. The maximum Gasteiger partial charge on any atom is 0.277 e. The monoisotopic (exact) mass is 522 g/mol. The second-order valence-corrected chi connectivity index (χ2v) is 11.3. The fraction of sp³-hybridized carbons (Fsp3) is 0.552. The lowest BCUT2D eigenvalue weighted by atomic mass is 9.88. The van der Waals surface area contributed by atoms with E-state index in [-0.39, 0.29) is 11.9 Å². The first-order chi connectivity index (χ1) is 18.1. The Balaban J connectivity index is 1.35. The molecule has 5 rings (SSSR count). The van der Waals surface area contributed by atoms with Crippen molar-refractivity contribution >= 4 is 33.4 Å². The molecule has 0 aliphatic carbocycles. The number of nitrogens with one attached hydrogen (secondary N) is 1. The first kappa shape index (κ1) is 26.2. The van der Waals surface area contributed by atoms with Crippen molar-refractivity contribution < 1.29 is 14.3 Å². The van der Waals surface area contributed by atoms with Gasteiger partial charge in [0.05, 0.1) is 0 Å². The van der Waals surface area contributed by atoms with Crippen molar-refractivity contribution in [3.05, 3.63) is 54.0 Å². The van der Waals surface area contributed by atoms with Crippen LogP contribution >= 0.6 is 11.8 Å². The summed E-state index contributed by atoms with van der Waals surface area (Å²) in [7, 11) is 0. The van der Waals surface area contributed by atoms with Gasteiger partial charge in [-0.3, -0.25) is 4.79 Å². The summed E-state index contributed by atoms with van der Waals surface area (Å²) in [5.74, 6) is 1.09. The van der Waals surface area contributed by atoms with Crippen molar-refractivity contribution in [3.63, 3.8) is 0 Å². The minimum absolute atomic E-state index is 0.129. The van der Waals surface area contributed by atoms with Crippen LogP contribution in [0, 0.1) is 5.92 Å². The molecule has 2 unspecified atom stereocenters. The number of fused-ring (bicyclic) bond motifs is 1. The average Bonchev–Trinajstić information content (AvgIpc) is 3.40. The number of hydrogen-bond donors (Lipinski definition) is 1. The number of benzene rings is 1. The number of anilines is 1. The highest BCUT2D eigenvalue weighted by Gasteiger charge is 2.34. The van der Waals surface area contributed by atoms with E-state index < -0.39 is 0 Å². The van der Waals surface area contributed by atoms with Gasteiger partial charge < -0.3 is 19.7 Å². The summed E-state index contributed by atoms with van der Waals surface area (Å²) < 4.78 is 11.1. The third-order valence-corrected chi connectivity index (χ3v) is 8.84. The number of carbonyl (C=O) groups excluding carboxylic acids is 1. The van der Waals surface area contributed by atoms with Crippen LogP contribution in [0.5, 0.6) is 0 Å². The second kappa shape index (κ2) is 12.4. The van der Waals surface area contributed by atoms with Gasteiger partial charge >= 0.3 is 0 Å². The molecule has 2 fully saturated rings.